The van der Waals surface area contributed by atoms with Gasteiger partial charge in [-0.3, -0.25) is 4.90 Å². The van der Waals surface area contributed by atoms with Crippen LogP contribution in [0.15, 0.2) is 47.5 Å². The highest BCUT2D eigenvalue weighted by Gasteiger charge is 2.25. The lowest BCUT2D eigenvalue weighted by molar-refractivity contribution is 0.246. The van der Waals surface area contributed by atoms with E-state index in [1.807, 2.05) is 0 Å². The van der Waals surface area contributed by atoms with Gasteiger partial charge in [-0.05, 0) is 55.8 Å². The third-order valence-electron chi connectivity index (χ3n) is 4.31. The van der Waals surface area contributed by atoms with Crippen LogP contribution in [-0.4, -0.2) is 37.9 Å². The number of benzene rings is 1. The molecule has 1 saturated heterocycles. The Balaban J connectivity index is 1.78. The van der Waals surface area contributed by atoms with Crippen molar-refractivity contribution in [1.82, 2.24) is 14.6 Å². The van der Waals surface area contributed by atoms with Crippen LogP contribution in [0, 0.1) is 5.82 Å². The molecule has 1 aliphatic heterocycles. The van der Waals surface area contributed by atoms with Crippen LogP contribution in [0.3, 0.4) is 0 Å². The zero-order valence-electron chi connectivity index (χ0n) is 13.5. The van der Waals surface area contributed by atoms with Gasteiger partial charge in [-0.2, -0.15) is 0 Å². The number of rotatable bonds is 6. The fourth-order valence-electron chi connectivity index (χ4n) is 2.99. The average molecular weight is 384 g/mol. The smallest absolute Gasteiger partial charge is 0.242 e. The van der Waals surface area contributed by atoms with E-state index >= 15 is 0 Å². The van der Waals surface area contributed by atoms with Crippen molar-refractivity contribution in [2.75, 3.05) is 19.6 Å². The number of hydrogen-bond acceptors (Lipinski definition) is 4. The molecule has 0 saturated carbocycles. The summed E-state index contributed by atoms with van der Waals surface area (Å²) in [7, 11) is -3.69. The quantitative estimate of drug-likeness (QED) is 0.779. The van der Waals surface area contributed by atoms with Gasteiger partial charge >= 0.3 is 0 Å². The third kappa shape index (κ3) is 4.55. The van der Waals surface area contributed by atoms with E-state index in [1.54, 1.807) is 12.1 Å². The molecule has 2 aromatic rings. The van der Waals surface area contributed by atoms with Crippen molar-refractivity contribution in [3.05, 3.63) is 59.1 Å². The van der Waals surface area contributed by atoms with E-state index in [1.165, 1.54) is 30.5 Å². The average Bonchev–Trinajstić information content (AvgIpc) is 3.11. The molecule has 0 amide bonds. The minimum absolute atomic E-state index is 0.0659. The Hall–Kier alpha value is -1.54. The van der Waals surface area contributed by atoms with Gasteiger partial charge in [0, 0.05) is 18.8 Å². The van der Waals surface area contributed by atoms with E-state index in [0.29, 0.717) is 0 Å². The molecule has 3 rings (SSSR count). The predicted octanol–water partition coefficient (Wildman–Crippen LogP) is 2.99. The molecule has 0 bridgehead atoms. The van der Waals surface area contributed by atoms with Gasteiger partial charge in [0.2, 0.25) is 10.0 Å². The highest BCUT2D eigenvalue weighted by molar-refractivity contribution is 7.89. The van der Waals surface area contributed by atoms with Crippen LogP contribution in [0.2, 0.25) is 5.15 Å². The summed E-state index contributed by atoms with van der Waals surface area (Å²) in [5.74, 6) is -0.309. The second-order valence-corrected chi connectivity index (χ2v) is 8.13. The monoisotopic (exact) mass is 383 g/mol. The molecule has 8 heteroatoms. The van der Waals surface area contributed by atoms with Crippen LogP contribution in [0.4, 0.5) is 4.39 Å². The Kier molecular flexibility index (Phi) is 5.68. The predicted molar refractivity (Wildman–Crippen MR) is 94.4 cm³/mol. The molecule has 0 spiro atoms. The summed E-state index contributed by atoms with van der Waals surface area (Å²) >= 11 is 5.70. The van der Waals surface area contributed by atoms with E-state index < -0.39 is 10.0 Å². The van der Waals surface area contributed by atoms with E-state index in [9.17, 15) is 12.8 Å². The van der Waals surface area contributed by atoms with E-state index in [-0.39, 0.29) is 28.5 Å². The Morgan fingerprint density at radius 3 is 2.44 bits per heavy atom. The first-order valence-electron chi connectivity index (χ1n) is 8.06. The Morgan fingerprint density at radius 2 is 1.84 bits per heavy atom. The van der Waals surface area contributed by atoms with Gasteiger partial charge in [-0.1, -0.05) is 23.7 Å². The lowest BCUT2D eigenvalue weighted by Gasteiger charge is -2.28. The van der Waals surface area contributed by atoms with Gasteiger partial charge in [0.25, 0.3) is 0 Å². The molecule has 1 N–H and O–H groups in total. The van der Waals surface area contributed by atoms with Crippen LogP contribution in [0.25, 0.3) is 0 Å². The number of sulfonamides is 1. The molecule has 25 heavy (non-hydrogen) atoms. The molecule has 1 aromatic carbocycles. The number of pyridine rings is 1. The van der Waals surface area contributed by atoms with Gasteiger partial charge in [-0.25, -0.2) is 22.5 Å². The number of nitrogens with zero attached hydrogens (tertiary/aromatic N) is 2. The molecule has 1 atom stereocenters. The van der Waals surface area contributed by atoms with E-state index in [0.717, 1.165) is 31.5 Å². The maximum atomic E-state index is 13.2. The topological polar surface area (TPSA) is 62.3 Å². The summed E-state index contributed by atoms with van der Waals surface area (Å²) in [4.78, 5) is 6.10. The maximum absolute atomic E-state index is 13.2. The Bertz CT molecular complexity index is 807. The number of nitrogens with one attached hydrogen (secondary N) is 1. The van der Waals surface area contributed by atoms with E-state index in [4.69, 9.17) is 11.6 Å². The van der Waals surface area contributed by atoms with Crippen LogP contribution >= 0.6 is 11.6 Å². The van der Waals surface area contributed by atoms with Gasteiger partial charge in [0.1, 0.15) is 15.9 Å². The van der Waals surface area contributed by atoms with Crippen molar-refractivity contribution in [1.29, 1.82) is 0 Å². The first-order chi connectivity index (χ1) is 12.0. The highest BCUT2D eigenvalue weighted by atomic mass is 35.5. The molecule has 1 unspecified atom stereocenters. The lowest BCUT2D eigenvalue weighted by Crippen LogP contribution is -2.36. The van der Waals surface area contributed by atoms with Crippen molar-refractivity contribution in [2.45, 2.75) is 23.8 Å². The minimum atomic E-state index is -3.69. The second kappa shape index (κ2) is 7.78. The maximum Gasteiger partial charge on any atom is 0.242 e. The summed E-state index contributed by atoms with van der Waals surface area (Å²) in [6.45, 7) is 2.00. The van der Waals surface area contributed by atoms with E-state index in [2.05, 4.69) is 14.6 Å². The zero-order valence-corrected chi connectivity index (χ0v) is 15.1. The molecule has 1 aromatic heterocycles. The molecular formula is C17H19ClFN3O2S. The molecule has 134 valence electrons. The highest BCUT2D eigenvalue weighted by Crippen LogP contribution is 2.25. The van der Waals surface area contributed by atoms with Crippen molar-refractivity contribution in [3.8, 4) is 0 Å². The first-order valence-corrected chi connectivity index (χ1v) is 9.92. The number of hydrogen-bond donors (Lipinski definition) is 1. The van der Waals surface area contributed by atoms with Gasteiger partial charge in [0.05, 0.1) is 0 Å². The summed E-state index contributed by atoms with van der Waals surface area (Å²) < 4.78 is 40.8. The van der Waals surface area contributed by atoms with Crippen molar-refractivity contribution in [3.63, 3.8) is 0 Å². The number of halogens is 2. The minimum Gasteiger partial charge on any atom is -0.295 e. The standard InChI is InChI=1S/C17H19ClFN3O2S/c18-17-8-7-15(11-20-17)25(23,24)21-12-16(22-9-1-2-10-22)13-3-5-14(19)6-4-13/h3-8,11,16,21H,1-2,9-10,12H2. The molecule has 0 aliphatic carbocycles. The second-order valence-electron chi connectivity index (χ2n) is 5.98. The largest absolute Gasteiger partial charge is 0.295 e. The zero-order chi connectivity index (χ0) is 17.9. The van der Waals surface area contributed by atoms with Gasteiger partial charge in [0.15, 0.2) is 0 Å². The molecule has 1 fully saturated rings. The van der Waals surface area contributed by atoms with Crippen LogP contribution in [-0.2, 0) is 10.0 Å². The van der Waals surface area contributed by atoms with Gasteiger partial charge < -0.3 is 0 Å². The summed E-state index contributed by atoms with van der Waals surface area (Å²) in [5.41, 5.74) is 0.889. The summed E-state index contributed by atoms with van der Waals surface area (Å²) in [6, 6.07) is 8.92. The SMILES string of the molecule is O=S(=O)(NCC(c1ccc(F)cc1)N1CCCC1)c1ccc(Cl)nc1. The Morgan fingerprint density at radius 1 is 1.16 bits per heavy atom. The van der Waals surface area contributed by atoms with Crippen LogP contribution < -0.4 is 4.72 Å². The van der Waals surface area contributed by atoms with Gasteiger partial charge in [-0.15, -0.1) is 0 Å². The Labute approximate surface area is 151 Å². The molecule has 5 nitrogen and oxygen atoms in total. The van der Waals surface area contributed by atoms with Crippen LogP contribution in [0.1, 0.15) is 24.4 Å². The van der Waals surface area contributed by atoms with Crippen LogP contribution in [0.5, 0.6) is 0 Å². The molecule has 1 aliphatic rings. The molecule has 0 radical (unpaired) electrons. The number of aromatic nitrogens is 1. The fourth-order valence-corrected chi connectivity index (χ4v) is 4.08. The fraction of sp³-hybridized carbons (Fsp3) is 0.353. The summed E-state index contributed by atoms with van der Waals surface area (Å²) in [6.07, 6.45) is 3.38. The third-order valence-corrected chi connectivity index (χ3v) is 5.95. The molecule has 2 heterocycles. The number of likely N-dealkylation sites (tertiary alicyclic amines) is 1. The van der Waals surface area contributed by atoms with Crippen molar-refractivity contribution < 1.29 is 12.8 Å². The van der Waals surface area contributed by atoms with Crippen molar-refractivity contribution >= 4 is 21.6 Å². The molecular weight excluding hydrogens is 365 g/mol. The normalized spacial score (nSPS) is 16.9. The first kappa shape index (κ1) is 18.3. The lowest BCUT2D eigenvalue weighted by atomic mass is 10.1. The van der Waals surface area contributed by atoms with Crippen molar-refractivity contribution in [2.24, 2.45) is 0 Å². The summed E-state index contributed by atoms with van der Waals surface area (Å²) in [5, 5.41) is 0.236.